The van der Waals surface area contributed by atoms with Gasteiger partial charge in [-0.1, -0.05) is 11.6 Å². The number of methoxy groups -OCH3 is 1. The van der Waals surface area contributed by atoms with Gasteiger partial charge in [0.25, 0.3) is 0 Å². The Bertz CT molecular complexity index is 470. The normalized spacial score (nSPS) is 10.6. The first kappa shape index (κ1) is 11.1. The molecule has 0 N–H and O–H groups in total. The fourth-order valence-electron chi connectivity index (χ4n) is 1.39. The van der Waals surface area contributed by atoms with Crippen LogP contribution in [0.15, 0.2) is 30.7 Å². The predicted molar refractivity (Wildman–Crippen MR) is 62.3 cm³/mol. The van der Waals surface area contributed by atoms with E-state index in [4.69, 9.17) is 16.3 Å². The van der Waals surface area contributed by atoms with Gasteiger partial charge in [-0.3, -0.25) is 9.67 Å². The minimum atomic E-state index is 0.633. The average molecular weight is 238 g/mol. The summed E-state index contributed by atoms with van der Waals surface area (Å²) in [6, 6.07) is 3.62. The highest BCUT2D eigenvalue weighted by Crippen LogP contribution is 2.24. The van der Waals surface area contributed by atoms with Crippen LogP contribution < -0.4 is 0 Å². The summed E-state index contributed by atoms with van der Waals surface area (Å²) in [6.07, 6.45) is 5.38. The largest absolute Gasteiger partial charge is 0.383 e. The van der Waals surface area contributed by atoms with Crippen molar-refractivity contribution in [1.29, 1.82) is 0 Å². The lowest BCUT2D eigenvalue weighted by Gasteiger charge is -1.99. The highest BCUT2D eigenvalue weighted by Gasteiger charge is 2.06. The van der Waals surface area contributed by atoms with Crippen molar-refractivity contribution < 1.29 is 4.74 Å². The third-order valence-electron chi connectivity index (χ3n) is 2.19. The van der Waals surface area contributed by atoms with Gasteiger partial charge in [0, 0.05) is 25.1 Å². The minimum Gasteiger partial charge on any atom is -0.383 e. The van der Waals surface area contributed by atoms with Crippen LogP contribution in [0.5, 0.6) is 0 Å². The summed E-state index contributed by atoms with van der Waals surface area (Å²) in [5.41, 5.74) is 1.68. The molecule has 4 nitrogen and oxygen atoms in total. The molecule has 0 aliphatic carbocycles. The van der Waals surface area contributed by atoms with Crippen LogP contribution in [0.3, 0.4) is 0 Å². The molecule has 2 aromatic heterocycles. The highest BCUT2D eigenvalue weighted by atomic mass is 35.5. The number of pyridine rings is 1. The molecule has 0 aromatic carbocycles. The molecule has 0 saturated heterocycles. The summed E-state index contributed by atoms with van der Waals surface area (Å²) >= 11 is 6.05. The second kappa shape index (κ2) is 5.09. The molecule has 0 bridgehead atoms. The summed E-state index contributed by atoms with van der Waals surface area (Å²) < 4.78 is 6.79. The molecular weight excluding hydrogens is 226 g/mol. The van der Waals surface area contributed by atoms with Gasteiger partial charge in [0.15, 0.2) is 0 Å². The van der Waals surface area contributed by atoms with Gasteiger partial charge in [-0.05, 0) is 12.1 Å². The number of halogens is 1. The van der Waals surface area contributed by atoms with Crippen molar-refractivity contribution in [2.75, 3.05) is 13.7 Å². The number of hydrogen-bond acceptors (Lipinski definition) is 3. The second-order valence-corrected chi connectivity index (χ2v) is 3.73. The molecular formula is C11H12ClN3O. The Morgan fingerprint density at radius 3 is 3.12 bits per heavy atom. The van der Waals surface area contributed by atoms with Crippen molar-refractivity contribution in [3.8, 4) is 11.3 Å². The fraction of sp³-hybridized carbons (Fsp3) is 0.273. The standard InChI is InChI=1S/C11H12ClN3O/c1-16-6-5-15-8-9(7-14-15)11-10(12)3-2-4-13-11/h2-4,7-8H,5-6H2,1H3. The van der Waals surface area contributed by atoms with Gasteiger partial charge in [-0.15, -0.1) is 0 Å². The predicted octanol–water partition coefficient (Wildman–Crippen LogP) is 2.24. The van der Waals surface area contributed by atoms with E-state index in [2.05, 4.69) is 10.1 Å². The van der Waals surface area contributed by atoms with Crippen LogP contribution in [0.2, 0.25) is 5.02 Å². The lowest BCUT2D eigenvalue weighted by atomic mass is 10.2. The van der Waals surface area contributed by atoms with E-state index in [1.54, 1.807) is 25.6 Å². The van der Waals surface area contributed by atoms with E-state index in [-0.39, 0.29) is 0 Å². The summed E-state index contributed by atoms with van der Waals surface area (Å²) in [5, 5.41) is 4.84. The third-order valence-corrected chi connectivity index (χ3v) is 2.49. The zero-order valence-electron chi connectivity index (χ0n) is 8.93. The number of ether oxygens (including phenoxy) is 1. The molecule has 0 spiro atoms. The quantitative estimate of drug-likeness (QED) is 0.819. The Hall–Kier alpha value is -1.39. The van der Waals surface area contributed by atoms with Gasteiger partial charge < -0.3 is 4.74 Å². The van der Waals surface area contributed by atoms with Gasteiger partial charge in [0.2, 0.25) is 0 Å². The van der Waals surface area contributed by atoms with Crippen molar-refractivity contribution in [2.24, 2.45) is 0 Å². The van der Waals surface area contributed by atoms with Crippen LogP contribution in [0.4, 0.5) is 0 Å². The van der Waals surface area contributed by atoms with E-state index in [0.717, 1.165) is 17.8 Å². The molecule has 0 aliphatic rings. The highest BCUT2D eigenvalue weighted by molar-refractivity contribution is 6.32. The van der Waals surface area contributed by atoms with Crippen molar-refractivity contribution in [2.45, 2.75) is 6.54 Å². The van der Waals surface area contributed by atoms with Crippen LogP contribution in [-0.4, -0.2) is 28.5 Å². The first-order valence-electron chi connectivity index (χ1n) is 4.93. The maximum atomic E-state index is 6.05. The average Bonchev–Trinajstić information content (AvgIpc) is 2.75. The van der Waals surface area contributed by atoms with E-state index in [0.29, 0.717) is 11.6 Å². The molecule has 84 valence electrons. The Morgan fingerprint density at radius 2 is 2.38 bits per heavy atom. The van der Waals surface area contributed by atoms with Crippen LogP contribution in [0.1, 0.15) is 0 Å². The summed E-state index contributed by atoms with van der Waals surface area (Å²) in [4.78, 5) is 4.23. The molecule has 0 aliphatic heterocycles. The number of rotatable bonds is 4. The number of aromatic nitrogens is 3. The molecule has 2 aromatic rings. The molecule has 5 heteroatoms. The van der Waals surface area contributed by atoms with E-state index in [1.165, 1.54) is 0 Å². The van der Waals surface area contributed by atoms with E-state index in [9.17, 15) is 0 Å². The van der Waals surface area contributed by atoms with Crippen molar-refractivity contribution in [3.05, 3.63) is 35.7 Å². The molecule has 16 heavy (non-hydrogen) atoms. The number of hydrogen-bond donors (Lipinski definition) is 0. The van der Waals surface area contributed by atoms with Crippen LogP contribution in [0, 0.1) is 0 Å². The number of nitrogens with zero attached hydrogens (tertiary/aromatic N) is 3. The zero-order chi connectivity index (χ0) is 11.4. The van der Waals surface area contributed by atoms with Gasteiger partial charge in [-0.25, -0.2) is 0 Å². The van der Waals surface area contributed by atoms with Gasteiger partial charge >= 0.3 is 0 Å². The Morgan fingerprint density at radius 1 is 1.50 bits per heavy atom. The SMILES string of the molecule is COCCn1cc(-c2ncccc2Cl)cn1. The van der Waals surface area contributed by atoms with Crippen molar-refractivity contribution >= 4 is 11.6 Å². The van der Waals surface area contributed by atoms with Crippen molar-refractivity contribution in [3.63, 3.8) is 0 Å². The Labute approximate surface area is 98.8 Å². The monoisotopic (exact) mass is 237 g/mol. The van der Waals surface area contributed by atoms with Gasteiger partial charge in [0.1, 0.15) is 0 Å². The second-order valence-electron chi connectivity index (χ2n) is 3.32. The van der Waals surface area contributed by atoms with Gasteiger partial charge in [0.05, 0.1) is 30.1 Å². The van der Waals surface area contributed by atoms with Crippen LogP contribution in [-0.2, 0) is 11.3 Å². The Kier molecular flexibility index (Phi) is 3.54. The Balaban J connectivity index is 2.22. The van der Waals surface area contributed by atoms with E-state index in [1.807, 2.05) is 16.9 Å². The molecule has 0 unspecified atom stereocenters. The lowest BCUT2D eigenvalue weighted by molar-refractivity contribution is 0.183. The summed E-state index contributed by atoms with van der Waals surface area (Å²) in [5.74, 6) is 0. The summed E-state index contributed by atoms with van der Waals surface area (Å²) in [7, 11) is 1.67. The molecule has 2 rings (SSSR count). The first-order valence-corrected chi connectivity index (χ1v) is 5.31. The molecule has 0 saturated carbocycles. The molecule has 0 atom stereocenters. The van der Waals surface area contributed by atoms with E-state index < -0.39 is 0 Å². The summed E-state index contributed by atoms with van der Waals surface area (Å²) in [6.45, 7) is 1.36. The van der Waals surface area contributed by atoms with Gasteiger partial charge in [-0.2, -0.15) is 5.10 Å². The first-order chi connectivity index (χ1) is 7.81. The maximum Gasteiger partial charge on any atom is 0.0919 e. The minimum absolute atomic E-state index is 0.633. The topological polar surface area (TPSA) is 39.9 Å². The fourth-order valence-corrected chi connectivity index (χ4v) is 1.62. The smallest absolute Gasteiger partial charge is 0.0919 e. The zero-order valence-corrected chi connectivity index (χ0v) is 9.68. The molecule has 0 amide bonds. The third kappa shape index (κ3) is 2.40. The van der Waals surface area contributed by atoms with Crippen LogP contribution in [0.25, 0.3) is 11.3 Å². The maximum absolute atomic E-state index is 6.05. The molecule has 0 fully saturated rings. The lowest BCUT2D eigenvalue weighted by Crippen LogP contribution is -2.03. The molecule has 0 radical (unpaired) electrons. The van der Waals surface area contributed by atoms with Crippen LogP contribution >= 0.6 is 11.6 Å². The van der Waals surface area contributed by atoms with E-state index >= 15 is 0 Å². The van der Waals surface area contributed by atoms with Crippen molar-refractivity contribution in [1.82, 2.24) is 14.8 Å². The molecule has 2 heterocycles.